The fourth-order valence-corrected chi connectivity index (χ4v) is 6.89. The van der Waals surface area contributed by atoms with Crippen LogP contribution in [0.4, 0.5) is 0 Å². The van der Waals surface area contributed by atoms with Crippen molar-refractivity contribution in [2.45, 2.75) is 42.7 Å². The van der Waals surface area contributed by atoms with Gasteiger partial charge in [-0.1, -0.05) is 109 Å². The number of hydrogen-bond acceptors (Lipinski definition) is 8. The molecule has 2 N–H and O–H groups in total. The number of nitrogens with two attached hydrogens (primary N) is 1. The number of fused-ring (bicyclic) bond motifs is 3. The van der Waals surface area contributed by atoms with Gasteiger partial charge in [0.25, 0.3) is 0 Å². The fourth-order valence-electron chi connectivity index (χ4n) is 5.97. The molecule has 1 aliphatic carbocycles. The van der Waals surface area contributed by atoms with Crippen LogP contribution in [0.15, 0.2) is 132 Å². The van der Waals surface area contributed by atoms with Crippen LogP contribution in [0.25, 0.3) is 11.1 Å². The van der Waals surface area contributed by atoms with E-state index < -0.39 is 34.0 Å². The third-order valence-electron chi connectivity index (χ3n) is 8.49. The molecule has 0 saturated carbocycles. The Hall–Kier alpha value is -5.25. The summed E-state index contributed by atoms with van der Waals surface area (Å²) < 4.78 is 42.9. The monoisotopic (exact) mass is 661 g/mol. The summed E-state index contributed by atoms with van der Waals surface area (Å²) in [7, 11) is -4.15. The molecule has 8 nitrogen and oxygen atoms in total. The van der Waals surface area contributed by atoms with Crippen LogP contribution in [0.1, 0.15) is 46.1 Å². The van der Waals surface area contributed by atoms with Gasteiger partial charge in [0.15, 0.2) is 0 Å². The van der Waals surface area contributed by atoms with E-state index in [0.717, 1.165) is 33.4 Å². The molecule has 6 rings (SSSR count). The topological polar surface area (TPSA) is 122 Å². The summed E-state index contributed by atoms with van der Waals surface area (Å²) in [5.41, 5.74) is 13.0. The van der Waals surface area contributed by atoms with Crippen molar-refractivity contribution in [3.8, 4) is 16.9 Å². The summed E-state index contributed by atoms with van der Waals surface area (Å²) in [4.78, 5) is 26.7. The van der Waals surface area contributed by atoms with Crippen LogP contribution in [-0.4, -0.2) is 33.0 Å². The zero-order valence-corrected chi connectivity index (χ0v) is 27.1. The van der Waals surface area contributed by atoms with Crippen molar-refractivity contribution in [3.63, 3.8) is 0 Å². The summed E-state index contributed by atoms with van der Waals surface area (Å²) in [6, 6.07) is 36.4. The van der Waals surface area contributed by atoms with Crippen LogP contribution in [0, 0.1) is 6.92 Å². The highest BCUT2D eigenvalue weighted by molar-refractivity contribution is 7.87. The lowest BCUT2D eigenvalue weighted by atomic mass is 9.88. The minimum atomic E-state index is -4.15. The van der Waals surface area contributed by atoms with Gasteiger partial charge >= 0.3 is 22.1 Å². The SMILES string of the molecule is Cc1ccc(S(=O)(=O)Oc2cccc(C(CC(=O)OCc3ccccc3)C(N)C(=O)OCC3c4ccccc4-c4ccccc43)c2)cc1. The quantitative estimate of drug-likeness (QED) is 0.116. The molecule has 0 fully saturated rings. The smallest absolute Gasteiger partial charge is 0.339 e. The first-order valence-corrected chi connectivity index (χ1v) is 17.0. The Morgan fingerprint density at radius 1 is 0.750 bits per heavy atom. The molecule has 0 bridgehead atoms. The highest BCUT2D eigenvalue weighted by Crippen LogP contribution is 2.44. The van der Waals surface area contributed by atoms with Gasteiger partial charge in [-0.25, -0.2) is 0 Å². The molecule has 1 aliphatic rings. The third kappa shape index (κ3) is 7.33. The number of benzene rings is 5. The second-order valence-electron chi connectivity index (χ2n) is 11.8. The number of carbonyl (C=O) groups excluding carboxylic acids is 2. The predicted octanol–water partition coefficient (Wildman–Crippen LogP) is 6.66. The molecule has 0 spiro atoms. The first-order chi connectivity index (χ1) is 23.2. The summed E-state index contributed by atoms with van der Waals surface area (Å²) in [6.07, 6.45) is -0.258. The largest absolute Gasteiger partial charge is 0.464 e. The second-order valence-corrected chi connectivity index (χ2v) is 13.3. The molecule has 244 valence electrons. The zero-order valence-electron chi connectivity index (χ0n) is 26.3. The number of esters is 2. The number of aryl methyl sites for hydroxylation is 1. The molecule has 0 heterocycles. The Morgan fingerprint density at radius 3 is 2.04 bits per heavy atom. The van der Waals surface area contributed by atoms with Crippen LogP contribution in [0.3, 0.4) is 0 Å². The van der Waals surface area contributed by atoms with Gasteiger partial charge in [-0.15, -0.1) is 0 Å². The normalized spacial score (nSPS) is 13.5. The predicted molar refractivity (Wildman–Crippen MR) is 182 cm³/mol. The van der Waals surface area contributed by atoms with E-state index in [9.17, 15) is 18.0 Å². The maximum absolute atomic E-state index is 13.6. The lowest BCUT2D eigenvalue weighted by Crippen LogP contribution is -2.40. The van der Waals surface area contributed by atoms with Gasteiger partial charge < -0.3 is 19.4 Å². The van der Waals surface area contributed by atoms with E-state index in [0.29, 0.717) is 5.56 Å². The van der Waals surface area contributed by atoms with Crippen LogP contribution in [0.5, 0.6) is 5.75 Å². The van der Waals surface area contributed by atoms with Crippen molar-refractivity contribution in [1.82, 2.24) is 0 Å². The average Bonchev–Trinajstić information content (AvgIpc) is 3.42. The fraction of sp³-hybridized carbons (Fsp3) is 0.179. The van der Waals surface area contributed by atoms with Gasteiger partial charge in [-0.2, -0.15) is 8.42 Å². The van der Waals surface area contributed by atoms with E-state index in [-0.39, 0.29) is 36.2 Å². The Balaban J connectivity index is 1.22. The molecule has 5 aromatic rings. The van der Waals surface area contributed by atoms with Gasteiger partial charge in [0.2, 0.25) is 0 Å². The summed E-state index contributed by atoms with van der Waals surface area (Å²) >= 11 is 0. The minimum Gasteiger partial charge on any atom is -0.464 e. The van der Waals surface area contributed by atoms with Gasteiger partial charge in [-0.05, 0) is 64.6 Å². The lowest BCUT2D eigenvalue weighted by molar-refractivity contribution is -0.148. The number of ether oxygens (including phenoxy) is 2. The number of carbonyl (C=O) groups is 2. The van der Waals surface area contributed by atoms with Crippen LogP contribution in [-0.2, 0) is 35.8 Å². The number of hydrogen-bond donors (Lipinski definition) is 1. The molecule has 0 saturated heterocycles. The lowest BCUT2D eigenvalue weighted by Gasteiger charge is -2.24. The van der Waals surface area contributed by atoms with E-state index in [1.54, 1.807) is 24.3 Å². The van der Waals surface area contributed by atoms with Crippen molar-refractivity contribution in [2.75, 3.05) is 6.61 Å². The zero-order chi connectivity index (χ0) is 33.7. The molecule has 0 radical (unpaired) electrons. The standard InChI is InChI=1S/C39H35NO7S/c1-26-18-20-30(21-19-26)48(43,44)47-29-13-9-12-28(22-29)35(23-37(41)45-24-27-10-3-2-4-11-27)38(40)39(42)46-25-36-33-16-7-5-14-31(33)32-15-6-8-17-34(32)36/h2-22,35-36,38H,23-25,40H2,1H3. The number of rotatable bonds is 12. The van der Waals surface area contributed by atoms with Crippen molar-refractivity contribution >= 4 is 22.1 Å². The van der Waals surface area contributed by atoms with Gasteiger partial charge in [-0.3, -0.25) is 9.59 Å². The molecule has 0 aliphatic heterocycles. The second kappa shape index (κ2) is 14.3. The highest BCUT2D eigenvalue weighted by atomic mass is 32.2. The molecule has 0 aromatic heterocycles. The Morgan fingerprint density at radius 2 is 1.38 bits per heavy atom. The third-order valence-corrected chi connectivity index (χ3v) is 9.75. The van der Waals surface area contributed by atoms with Crippen molar-refractivity contribution in [3.05, 3.63) is 155 Å². The highest BCUT2D eigenvalue weighted by Gasteiger charge is 2.34. The molecular weight excluding hydrogens is 626 g/mol. The summed E-state index contributed by atoms with van der Waals surface area (Å²) in [6.45, 7) is 1.96. The minimum absolute atomic E-state index is 0.00474. The van der Waals surface area contributed by atoms with E-state index in [1.165, 1.54) is 24.3 Å². The molecular formula is C39H35NO7S. The maximum Gasteiger partial charge on any atom is 0.339 e. The first kappa shape index (κ1) is 32.7. The molecule has 2 unspecified atom stereocenters. The van der Waals surface area contributed by atoms with E-state index in [2.05, 4.69) is 0 Å². The Bertz CT molecular complexity index is 1980. The van der Waals surface area contributed by atoms with E-state index >= 15 is 0 Å². The summed E-state index contributed by atoms with van der Waals surface area (Å²) in [5, 5.41) is 0. The van der Waals surface area contributed by atoms with Gasteiger partial charge in [0.1, 0.15) is 29.9 Å². The van der Waals surface area contributed by atoms with E-state index in [1.807, 2.05) is 85.8 Å². The molecule has 48 heavy (non-hydrogen) atoms. The first-order valence-electron chi connectivity index (χ1n) is 15.6. The Labute approximate surface area is 280 Å². The van der Waals surface area contributed by atoms with Crippen LogP contribution in [0.2, 0.25) is 0 Å². The molecule has 2 atom stereocenters. The van der Waals surface area contributed by atoms with E-state index in [4.69, 9.17) is 19.4 Å². The van der Waals surface area contributed by atoms with Crippen molar-refractivity contribution < 1.29 is 31.7 Å². The molecule has 0 amide bonds. The maximum atomic E-state index is 13.6. The Kier molecular flexibility index (Phi) is 9.70. The van der Waals surface area contributed by atoms with Crippen LogP contribution < -0.4 is 9.92 Å². The van der Waals surface area contributed by atoms with Crippen LogP contribution >= 0.6 is 0 Å². The van der Waals surface area contributed by atoms with Crippen molar-refractivity contribution in [1.29, 1.82) is 0 Å². The average molecular weight is 662 g/mol. The molecule has 5 aromatic carbocycles. The van der Waals surface area contributed by atoms with Gasteiger partial charge in [0, 0.05) is 11.8 Å². The van der Waals surface area contributed by atoms with Gasteiger partial charge in [0.05, 0.1) is 6.42 Å². The molecule has 9 heteroatoms. The van der Waals surface area contributed by atoms with Crippen molar-refractivity contribution in [2.24, 2.45) is 5.73 Å². The summed E-state index contributed by atoms with van der Waals surface area (Å²) in [5.74, 6) is -2.35.